The van der Waals surface area contributed by atoms with Crippen LogP contribution in [0.4, 0.5) is 0 Å². The Morgan fingerprint density at radius 2 is 2.07 bits per heavy atom. The van der Waals surface area contributed by atoms with Crippen molar-refractivity contribution >= 4 is 17.8 Å². The Morgan fingerprint density at radius 3 is 2.53 bits per heavy atom. The molecule has 1 heterocycles. The third-order valence-corrected chi connectivity index (χ3v) is 1.20. The molecule has 1 unspecified atom stereocenters. The highest BCUT2D eigenvalue weighted by Gasteiger charge is 2.32. The third-order valence-electron chi connectivity index (χ3n) is 1.20. The lowest BCUT2D eigenvalue weighted by molar-refractivity contribution is -0.151. The van der Waals surface area contributed by atoms with Gasteiger partial charge in [0.2, 0.25) is 11.9 Å². The molecule has 0 spiro atoms. The molecule has 0 saturated carbocycles. The van der Waals surface area contributed by atoms with E-state index < -0.39 is 17.8 Å². The Bertz CT molecular complexity index is 386. The van der Waals surface area contributed by atoms with Crippen molar-refractivity contribution in [3.63, 3.8) is 0 Å². The lowest BCUT2D eigenvalue weighted by atomic mass is 10.5. The molecule has 6 N–H and O–H groups in total. The molecule has 0 radical (unpaired) electrons. The fraction of sp³-hybridized carbons (Fsp3) is 0.167. The van der Waals surface area contributed by atoms with Crippen molar-refractivity contribution < 1.29 is 14.3 Å². The van der Waals surface area contributed by atoms with Crippen LogP contribution in [0.25, 0.3) is 0 Å². The van der Waals surface area contributed by atoms with Crippen molar-refractivity contribution in [1.29, 1.82) is 0 Å². The van der Waals surface area contributed by atoms with E-state index in [2.05, 4.69) is 20.0 Å². The largest absolute Gasteiger partial charge is 0.399 e. The van der Waals surface area contributed by atoms with Crippen LogP contribution in [0.15, 0.2) is 27.4 Å². The number of esters is 1. The van der Waals surface area contributed by atoms with Crippen molar-refractivity contribution in [3.8, 4) is 0 Å². The zero-order chi connectivity index (χ0) is 11.5. The molecule has 1 aliphatic rings. The van der Waals surface area contributed by atoms with Gasteiger partial charge >= 0.3 is 11.9 Å². The van der Waals surface area contributed by atoms with E-state index in [0.29, 0.717) is 0 Å². The van der Waals surface area contributed by atoms with Crippen LogP contribution in [-0.4, -0.2) is 23.8 Å². The van der Waals surface area contributed by atoms with Crippen molar-refractivity contribution in [2.24, 2.45) is 32.4 Å². The minimum absolute atomic E-state index is 0.204. The summed E-state index contributed by atoms with van der Waals surface area (Å²) in [4.78, 5) is 24.7. The average molecular weight is 212 g/mol. The topological polar surface area (TPSA) is 159 Å². The van der Waals surface area contributed by atoms with Gasteiger partial charge in [-0.2, -0.15) is 4.99 Å². The van der Waals surface area contributed by atoms with Gasteiger partial charge in [-0.3, -0.25) is 10.5 Å². The second-order valence-electron chi connectivity index (χ2n) is 2.49. The Balaban J connectivity index is 2.60. The van der Waals surface area contributed by atoms with Crippen LogP contribution in [0.5, 0.6) is 0 Å². The molecule has 0 fully saturated rings. The molecule has 0 aromatic rings. The monoisotopic (exact) mass is 212 g/mol. The minimum atomic E-state index is -1.96. The summed E-state index contributed by atoms with van der Waals surface area (Å²) in [5.41, 5.74) is 15.2. The van der Waals surface area contributed by atoms with Crippen molar-refractivity contribution in [3.05, 3.63) is 12.2 Å². The predicted molar refractivity (Wildman–Crippen MR) is 47.8 cm³/mol. The molecule has 9 nitrogen and oxygen atoms in total. The number of hydrogen-bond acceptors (Lipinski definition) is 8. The molecule has 80 valence electrons. The number of aliphatic imine (C=N–C) groups is 1. The van der Waals surface area contributed by atoms with E-state index in [1.54, 1.807) is 0 Å². The van der Waals surface area contributed by atoms with Crippen LogP contribution in [0.2, 0.25) is 0 Å². The second kappa shape index (κ2) is 3.84. The molecule has 0 aromatic heterocycles. The highest BCUT2D eigenvalue weighted by atomic mass is 16.6. The summed E-state index contributed by atoms with van der Waals surface area (Å²) >= 11 is 0. The van der Waals surface area contributed by atoms with E-state index in [-0.39, 0.29) is 5.96 Å². The van der Waals surface area contributed by atoms with Gasteiger partial charge < -0.3 is 16.2 Å². The molecule has 0 aliphatic carbocycles. The molecule has 0 saturated heterocycles. The number of carbonyl (C=O) groups excluding carboxylic acids is 2. The van der Waals surface area contributed by atoms with Gasteiger partial charge in [0.05, 0.1) is 0 Å². The number of rotatable bonds is 3. The number of nitrogens with two attached hydrogens (primary N) is 3. The van der Waals surface area contributed by atoms with Crippen molar-refractivity contribution in [2.45, 2.75) is 5.97 Å². The van der Waals surface area contributed by atoms with Gasteiger partial charge in [0, 0.05) is 12.2 Å². The summed E-state index contributed by atoms with van der Waals surface area (Å²) in [6.07, 6.45) is 1.60. The summed E-state index contributed by atoms with van der Waals surface area (Å²) in [7, 11) is 0. The van der Waals surface area contributed by atoms with Crippen molar-refractivity contribution in [2.75, 3.05) is 0 Å². The number of primary amides is 1. The first kappa shape index (κ1) is 10.8. The summed E-state index contributed by atoms with van der Waals surface area (Å²) in [6, 6.07) is 0. The molecule has 15 heavy (non-hydrogen) atoms. The Hall–Kier alpha value is -2.29. The Labute approximate surface area is 83.7 Å². The molecule has 1 amide bonds. The van der Waals surface area contributed by atoms with E-state index in [4.69, 9.17) is 17.2 Å². The smallest absolute Gasteiger partial charge is 0.385 e. The van der Waals surface area contributed by atoms with E-state index in [1.165, 1.54) is 0 Å². The van der Waals surface area contributed by atoms with Gasteiger partial charge in [-0.1, -0.05) is 5.11 Å². The molecular formula is C6H8N6O3. The number of carbonyl (C=O) groups is 2. The molecular weight excluding hydrogens is 204 g/mol. The molecule has 1 atom stereocenters. The van der Waals surface area contributed by atoms with E-state index in [9.17, 15) is 9.59 Å². The van der Waals surface area contributed by atoms with E-state index >= 15 is 0 Å². The van der Waals surface area contributed by atoms with Gasteiger partial charge in [-0.15, -0.1) is 5.11 Å². The van der Waals surface area contributed by atoms with Crippen LogP contribution < -0.4 is 17.2 Å². The molecule has 0 aromatic carbocycles. The minimum Gasteiger partial charge on any atom is -0.399 e. The Morgan fingerprint density at radius 1 is 1.40 bits per heavy atom. The first-order valence-electron chi connectivity index (χ1n) is 3.69. The lowest BCUT2D eigenvalue weighted by Crippen LogP contribution is -2.39. The quantitative estimate of drug-likeness (QED) is 0.277. The summed E-state index contributed by atoms with van der Waals surface area (Å²) in [6.45, 7) is 0. The third kappa shape index (κ3) is 3.15. The standard InChI is InChI=1S/C6H8N6O3/c7-3(13)1-2-4(14)15-6(9)10-5(8)11-12-6/h1-2H,9H2,(H2,7,13)(H2,8,10)/b2-1-. The van der Waals surface area contributed by atoms with Gasteiger partial charge in [0.15, 0.2) is 0 Å². The summed E-state index contributed by atoms with van der Waals surface area (Å²) in [5.74, 6) is -3.89. The maximum Gasteiger partial charge on any atom is 0.385 e. The highest BCUT2D eigenvalue weighted by Crippen LogP contribution is 2.14. The molecule has 0 bridgehead atoms. The lowest BCUT2D eigenvalue weighted by Gasteiger charge is -2.13. The van der Waals surface area contributed by atoms with Crippen LogP contribution in [-0.2, 0) is 14.3 Å². The summed E-state index contributed by atoms with van der Waals surface area (Å²) in [5, 5.41) is 6.57. The predicted octanol–water partition coefficient (Wildman–Crippen LogP) is -2.08. The molecule has 9 heteroatoms. The van der Waals surface area contributed by atoms with Gasteiger partial charge in [-0.05, 0) is 0 Å². The van der Waals surface area contributed by atoms with Crippen LogP contribution in [0, 0.1) is 0 Å². The zero-order valence-electron chi connectivity index (χ0n) is 7.45. The second-order valence-corrected chi connectivity index (χ2v) is 2.49. The highest BCUT2D eigenvalue weighted by molar-refractivity contribution is 5.93. The van der Waals surface area contributed by atoms with Crippen molar-refractivity contribution in [1.82, 2.24) is 0 Å². The zero-order valence-corrected chi connectivity index (χ0v) is 7.45. The maximum absolute atomic E-state index is 11.0. The SMILES string of the molecule is NC(=O)/C=C\C(=O)OC1(N)N=NC(N)=N1. The fourth-order valence-corrected chi connectivity index (χ4v) is 0.707. The maximum atomic E-state index is 11.0. The van der Waals surface area contributed by atoms with Gasteiger partial charge in [-0.25, -0.2) is 4.79 Å². The first-order valence-corrected chi connectivity index (χ1v) is 3.69. The number of hydrogen-bond donors (Lipinski definition) is 3. The molecule has 1 rings (SSSR count). The number of amides is 1. The fourth-order valence-electron chi connectivity index (χ4n) is 0.707. The summed E-state index contributed by atoms with van der Waals surface area (Å²) < 4.78 is 4.54. The number of guanidine groups is 1. The van der Waals surface area contributed by atoms with Gasteiger partial charge in [0.1, 0.15) is 0 Å². The van der Waals surface area contributed by atoms with Crippen LogP contribution >= 0.6 is 0 Å². The normalized spacial score (nSPS) is 24.2. The Kier molecular flexibility index (Phi) is 2.76. The first-order chi connectivity index (χ1) is 6.91. The average Bonchev–Trinajstić information content (AvgIpc) is 2.42. The van der Waals surface area contributed by atoms with Crippen LogP contribution in [0.3, 0.4) is 0 Å². The van der Waals surface area contributed by atoms with Crippen LogP contribution in [0.1, 0.15) is 0 Å². The number of ether oxygens (including phenoxy) is 1. The number of nitrogens with zero attached hydrogens (tertiary/aromatic N) is 3. The van der Waals surface area contributed by atoms with Gasteiger partial charge in [0.25, 0.3) is 0 Å². The van der Waals surface area contributed by atoms with E-state index in [1.807, 2.05) is 0 Å². The van der Waals surface area contributed by atoms with E-state index in [0.717, 1.165) is 12.2 Å². The number of azo groups is 1. The molecule has 1 aliphatic heterocycles.